The normalized spacial score (nSPS) is 19.4. The maximum absolute atomic E-state index is 12.1. The largest absolute Gasteiger partial charge is 0.399 e. The lowest BCUT2D eigenvalue weighted by Crippen LogP contribution is -2.31. The van der Waals surface area contributed by atoms with Crippen molar-refractivity contribution in [2.75, 3.05) is 31.9 Å². The van der Waals surface area contributed by atoms with Crippen LogP contribution in [0, 0.1) is 5.92 Å². The van der Waals surface area contributed by atoms with Crippen molar-refractivity contribution in [3.05, 3.63) is 41.5 Å². The van der Waals surface area contributed by atoms with Crippen molar-refractivity contribution >= 4 is 11.6 Å². The lowest BCUT2D eigenvalue weighted by molar-refractivity contribution is 0.0947. The highest BCUT2D eigenvalue weighted by Gasteiger charge is 2.23. The van der Waals surface area contributed by atoms with Crippen LogP contribution in [0.15, 0.2) is 35.9 Å². The van der Waals surface area contributed by atoms with Crippen LogP contribution in [0.5, 0.6) is 0 Å². The van der Waals surface area contributed by atoms with Crippen molar-refractivity contribution in [1.29, 1.82) is 0 Å². The highest BCUT2D eigenvalue weighted by atomic mass is 16.1. The summed E-state index contributed by atoms with van der Waals surface area (Å²) in [6.45, 7) is 8.30. The highest BCUT2D eigenvalue weighted by molar-refractivity contribution is 5.94. The number of nitrogens with one attached hydrogen (secondary N) is 1. The van der Waals surface area contributed by atoms with E-state index < -0.39 is 0 Å². The molecule has 120 valence electrons. The fourth-order valence-corrected chi connectivity index (χ4v) is 2.94. The Balaban J connectivity index is 1.77. The van der Waals surface area contributed by atoms with E-state index in [1.807, 2.05) is 6.07 Å². The molecule has 3 N–H and O–H groups in total. The first-order valence-electron chi connectivity index (χ1n) is 8.12. The molecule has 1 amide bonds. The third kappa shape index (κ3) is 4.60. The standard InChI is InChI=1S/C18H27N3O/c1-3-14(4-2)12-21-9-8-15(13-21)11-20-18(22)16-6-5-7-17(19)10-16/h3,5-7,10,15H,4,8-9,11-13,19H2,1-2H3,(H,20,22)/b14-3+. The van der Waals surface area contributed by atoms with E-state index in [2.05, 4.69) is 30.1 Å². The van der Waals surface area contributed by atoms with Gasteiger partial charge in [0, 0.05) is 30.9 Å². The molecule has 2 rings (SSSR count). The number of nitrogen functional groups attached to an aromatic ring is 1. The number of nitrogens with zero attached hydrogens (tertiary/aromatic N) is 1. The number of amides is 1. The second kappa shape index (κ2) is 7.99. The van der Waals surface area contributed by atoms with Gasteiger partial charge in [-0.2, -0.15) is 0 Å². The monoisotopic (exact) mass is 301 g/mol. The van der Waals surface area contributed by atoms with Crippen LogP contribution in [0.3, 0.4) is 0 Å². The SMILES string of the molecule is C/C=C(\CC)CN1CCC(CNC(=O)c2cccc(N)c2)C1. The maximum Gasteiger partial charge on any atom is 0.251 e. The van der Waals surface area contributed by atoms with Gasteiger partial charge in [0.2, 0.25) is 0 Å². The molecule has 0 aliphatic carbocycles. The third-order valence-corrected chi connectivity index (χ3v) is 4.36. The molecule has 0 radical (unpaired) electrons. The third-order valence-electron chi connectivity index (χ3n) is 4.36. The molecule has 4 nitrogen and oxygen atoms in total. The van der Waals surface area contributed by atoms with Crippen LogP contribution in [0.25, 0.3) is 0 Å². The van der Waals surface area contributed by atoms with Gasteiger partial charge in [-0.25, -0.2) is 0 Å². The summed E-state index contributed by atoms with van der Waals surface area (Å²) >= 11 is 0. The Hall–Kier alpha value is -1.81. The summed E-state index contributed by atoms with van der Waals surface area (Å²) < 4.78 is 0. The molecule has 1 heterocycles. The van der Waals surface area contributed by atoms with E-state index >= 15 is 0 Å². The van der Waals surface area contributed by atoms with Crippen LogP contribution in [0.4, 0.5) is 5.69 Å². The molecular formula is C18H27N3O. The van der Waals surface area contributed by atoms with Crippen LogP contribution in [-0.2, 0) is 0 Å². The summed E-state index contributed by atoms with van der Waals surface area (Å²) in [4.78, 5) is 14.6. The molecule has 0 aromatic heterocycles. The zero-order valence-corrected chi connectivity index (χ0v) is 13.6. The number of hydrogen-bond acceptors (Lipinski definition) is 3. The van der Waals surface area contributed by atoms with Crippen molar-refractivity contribution in [3.8, 4) is 0 Å². The summed E-state index contributed by atoms with van der Waals surface area (Å²) in [7, 11) is 0. The van der Waals surface area contributed by atoms with Gasteiger partial charge in [-0.3, -0.25) is 9.69 Å². The minimum absolute atomic E-state index is 0.0338. The van der Waals surface area contributed by atoms with Crippen LogP contribution in [-0.4, -0.2) is 37.0 Å². The van der Waals surface area contributed by atoms with Crippen LogP contribution < -0.4 is 11.1 Å². The van der Waals surface area contributed by atoms with Crippen LogP contribution in [0.2, 0.25) is 0 Å². The molecule has 1 aromatic rings. The van der Waals surface area contributed by atoms with E-state index in [1.165, 1.54) is 5.57 Å². The first kappa shape index (κ1) is 16.6. The van der Waals surface area contributed by atoms with Crippen molar-refractivity contribution < 1.29 is 4.79 Å². The molecule has 1 aliphatic rings. The average Bonchev–Trinajstić information content (AvgIpc) is 2.97. The smallest absolute Gasteiger partial charge is 0.251 e. The van der Waals surface area contributed by atoms with Gasteiger partial charge in [-0.1, -0.05) is 24.6 Å². The lowest BCUT2D eigenvalue weighted by Gasteiger charge is -2.17. The Morgan fingerprint density at radius 1 is 1.50 bits per heavy atom. The summed E-state index contributed by atoms with van der Waals surface area (Å²) in [5, 5.41) is 3.03. The fourth-order valence-electron chi connectivity index (χ4n) is 2.94. The van der Waals surface area contributed by atoms with Gasteiger partial charge in [0.25, 0.3) is 5.91 Å². The summed E-state index contributed by atoms with van der Waals surface area (Å²) in [6, 6.07) is 7.12. The number of carbonyl (C=O) groups excluding carboxylic acids is 1. The number of likely N-dealkylation sites (tertiary alicyclic amines) is 1. The highest BCUT2D eigenvalue weighted by Crippen LogP contribution is 2.18. The predicted octanol–water partition coefficient (Wildman–Crippen LogP) is 2.68. The van der Waals surface area contributed by atoms with Gasteiger partial charge in [-0.05, 0) is 50.4 Å². The molecule has 1 unspecified atom stereocenters. The second-order valence-corrected chi connectivity index (χ2v) is 6.03. The first-order chi connectivity index (χ1) is 10.6. The molecule has 4 heteroatoms. The second-order valence-electron chi connectivity index (χ2n) is 6.03. The topological polar surface area (TPSA) is 58.4 Å². The van der Waals surface area contributed by atoms with Gasteiger partial charge >= 0.3 is 0 Å². The Labute approximate surface area is 133 Å². The Kier molecular flexibility index (Phi) is 6.01. The quantitative estimate of drug-likeness (QED) is 0.627. The Bertz CT molecular complexity index is 539. The molecule has 1 saturated heterocycles. The van der Waals surface area contributed by atoms with Crippen molar-refractivity contribution in [1.82, 2.24) is 10.2 Å². The van der Waals surface area contributed by atoms with E-state index in [-0.39, 0.29) is 5.91 Å². The molecule has 0 saturated carbocycles. The van der Waals surface area contributed by atoms with Crippen molar-refractivity contribution in [3.63, 3.8) is 0 Å². The Morgan fingerprint density at radius 2 is 2.32 bits per heavy atom. The zero-order valence-electron chi connectivity index (χ0n) is 13.6. The van der Waals surface area contributed by atoms with Gasteiger partial charge in [0.15, 0.2) is 0 Å². The van der Waals surface area contributed by atoms with Crippen LogP contribution in [0.1, 0.15) is 37.0 Å². The molecule has 1 atom stereocenters. The maximum atomic E-state index is 12.1. The molecule has 22 heavy (non-hydrogen) atoms. The minimum atomic E-state index is -0.0338. The molecule has 1 aliphatic heterocycles. The van der Waals surface area contributed by atoms with E-state index in [0.29, 0.717) is 17.2 Å². The van der Waals surface area contributed by atoms with E-state index in [1.54, 1.807) is 18.2 Å². The molecule has 0 spiro atoms. The minimum Gasteiger partial charge on any atom is -0.399 e. The number of benzene rings is 1. The lowest BCUT2D eigenvalue weighted by atomic mass is 10.1. The number of hydrogen-bond donors (Lipinski definition) is 2. The number of rotatable bonds is 6. The van der Waals surface area contributed by atoms with E-state index in [0.717, 1.165) is 39.0 Å². The number of allylic oxidation sites excluding steroid dienone is 1. The van der Waals surface area contributed by atoms with Crippen molar-refractivity contribution in [2.45, 2.75) is 26.7 Å². The van der Waals surface area contributed by atoms with Gasteiger partial charge in [-0.15, -0.1) is 0 Å². The van der Waals surface area contributed by atoms with Crippen molar-refractivity contribution in [2.24, 2.45) is 5.92 Å². The molecule has 0 bridgehead atoms. The summed E-state index contributed by atoms with van der Waals surface area (Å²) in [5.74, 6) is 0.508. The number of nitrogens with two attached hydrogens (primary N) is 1. The zero-order chi connectivity index (χ0) is 15.9. The molecule has 1 fully saturated rings. The van der Waals surface area contributed by atoms with Gasteiger partial charge < -0.3 is 11.1 Å². The predicted molar refractivity (Wildman–Crippen MR) is 91.8 cm³/mol. The number of anilines is 1. The molecular weight excluding hydrogens is 274 g/mol. The summed E-state index contributed by atoms with van der Waals surface area (Å²) in [6.07, 6.45) is 4.48. The fraction of sp³-hybridized carbons (Fsp3) is 0.500. The average molecular weight is 301 g/mol. The molecule has 1 aromatic carbocycles. The summed E-state index contributed by atoms with van der Waals surface area (Å²) in [5.41, 5.74) is 8.46. The Morgan fingerprint density at radius 3 is 3.00 bits per heavy atom. The number of carbonyl (C=O) groups is 1. The van der Waals surface area contributed by atoms with Gasteiger partial charge in [0.1, 0.15) is 0 Å². The van der Waals surface area contributed by atoms with Gasteiger partial charge in [0.05, 0.1) is 0 Å². The van der Waals surface area contributed by atoms with E-state index in [9.17, 15) is 4.79 Å². The van der Waals surface area contributed by atoms with Crippen LogP contribution >= 0.6 is 0 Å². The van der Waals surface area contributed by atoms with E-state index in [4.69, 9.17) is 5.73 Å². The first-order valence-corrected chi connectivity index (χ1v) is 8.12.